The van der Waals surface area contributed by atoms with Crippen LogP contribution in [-0.2, 0) is 63.6 Å². The highest BCUT2D eigenvalue weighted by atomic mass is 32.1. The van der Waals surface area contributed by atoms with Crippen molar-refractivity contribution in [2.75, 3.05) is 6.61 Å². The van der Waals surface area contributed by atoms with Gasteiger partial charge in [-0.2, -0.15) is 0 Å². The third-order valence-corrected chi connectivity index (χ3v) is 9.16. The Hall–Kier alpha value is -3.28. The molecular weight excluding hydrogens is 599 g/mol. The van der Waals surface area contributed by atoms with Gasteiger partial charge in [-0.15, -0.1) is 22.7 Å². The quantitative estimate of drug-likeness (QED) is 0.108. The molecule has 1 N–H and O–H groups in total. The van der Waals surface area contributed by atoms with E-state index in [4.69, 9.17) is 27.8 Å². The van der Waals surface area contributed by atoms with Gasteiger partial charge in [-0.1, -0.05) is 72.8 Å². The third-order valence-electron chi connectivity index (χ3n) is 6.04. The van der Waals surface area contributed by atoms with E-state index in [9.17, 15) is 14.5 Å². The molecule has 2 aromatic carbocycles. The van der Waals surface area contributed by atoms with E-state index in [0.717, 1.165) is 20.9 Å². The molecule has 1 aliphatic heterocycles. The summed E-state index contributed by atoms with van der Waals surface area (Å²) in [6.07, 6.45) is -2.62. The van der Waals surface area contributed by atoms with E-state index in [0.29, 0.717) is 0 Å². The SMILES string of the molecule is O=C1OC(C(CO)OP(=O)(OCc2ccccc2)OCc2ccccc2)C(OCc2cccs2)=C1OCc1cccs1. The molecule has 0 radical (unpaired) electrons. The summed E-state index contributed by atoms with van der Waals surface area (Å²) < 4.78 is 48.7. The monoisotopic (exact) mass is 628 g/mol. The van der Waals surface area contributed by atoms with E-state index < -0.39 is 32.6 Å². The zero-order valence-corrected chi connectivity index (χ0v) is 24.9. The molecule has 0 saturated heterocycles. The highest BCUT2D eigenvalue weighted by molar-refractivity contribution is 7.48. The molecule has 4 aromatic rings. The first-order chi connectivity index (χ1) is 20.5. The molecule has 0 saturated carbocycles. The Kier molecular flexibility index (Phi) is 10.6. The second-order valence-corrected chi connectivity index (χ2v) is 12.7. The Bertz CT molecular complexity index is 1430. The third kappa shape index (κ3) is 8.17. The van der Waals surface area contributed by atoms with Crippen LogP contribution in [0.1, 0.15) is 20.9 Å². The number of rotatable bonds is 16. The molecule has 12 heteroatoms. The van der Waals surface area contributed by atoms with Gasteiger partial charge >= 0.3 is 13.8 Å². The van der Waals surface area contributed by atoms with E-state index in [1.54, 1.807) is 24.3 Å². The van der Waals surface area contributed by atoms with Gasteiger partial charge < -0.3 is 19.3 Å². The number of cyclic esters (lactones) is 1. The summed E-state index contributed by atoms with van der Waals surface area (Å²) in [6, 6.07) is 25.7. The first kappa shape index (κ1) is 30.2. The predicted molar refractivity (Wildman–Crippen MR) is 157 cm³/mol. The van der Waals surface area contributed by atoms with Crippen LogP contribution in [0.25, 0.3) is 0 Å². The van der Waals surface area contributed by atoms with Gasteiger partial charge in [0, 0.05) is 9.75 Å². The standard InChI is InChI=1S/C30H29O9PS2/c31-17-26(39-40(33,36-18-22-9-3-1-4-10-22)37-19-23-11-5-2-6-12-23)27-28(34-20-24-13-7-15-41-24)29(30(32)38-27)35-21-25-14-8-16-42-25/h1-16,26-27,31H,17-21H2. The van der Waals surface area contributed by atoms with Crippen LogP contribution >= 0.6 is 30.5 Å². The summed E-state index contributed by atoms with van der Waals surface area (Å²) in [6.45, 7) is -0.610. The molecule has 42 heavy (non-hydrogen) atoms. The van der Waals surface area contributed by atoms with Crippen molar-refractivity contribution in [1.82, 2.24) is 0 Å². The average molecular weight is 629 g/mol. The smallest absolute Gasteiger partial charge is 0.475 e. The highest BCUT2D eigenvalue weighted by Gasteiger charge is 2.46. The summed E-state index contributed by atoms with van der Waals surface area (Å²) in [5, 5.41) is 14.2. The van der Waals surface area contributed by atoms with E-state index in [-0.39, 0.29) is 37.9 Å². The van der Waals surface area contributed by atoms with Crippen molar-refractivity contribution in [2.45, 2.75) is 38.6 Å². The maximum atomic E-state index is 14.0. The summed E-state index contributed by atoms with van der Waals surface area (Å²) in [4.78, 5) is 14.8. The maximum Gasteiger partial charge on any atom is 0.475 e. The zero-order chi connectivity index (χ0) is 29.2. The number of ether oxygens (including phenoxy) is 3. The second kappa shape index (κ2) is 14.8. The lowest BCUT2D eigenvalue weighted by molar-refractivity contribution is -0.148. The van der Waals surface area contributed by atoms with Crippen LogP contribution in [0.3, 0.4) is 0 Å². The van der Waals surface area contributed by atoms with Crippen LogP contribution in [0, 0.1) is 0 Å². The summed E-state index contributed by atoms with van der Waals surface area (Å²) in [7, 11) is -4.33. The molecule has 220 valence electrons. The van der Waals surface area contributed by atoms with Crippen LogP contribution in [0.4, 0.5) is 0 Å². The molecular formula is C30H29O9PS2. The number of hydrogen-bond donors (Lipinski definition) is 1. The molecule has 2 atom stereocenters. The van der Waals surface area contributed by atoms with Gasteiger partial charge in [0.05, 0.1) is 19.8 Å². The summed E-state index contributed by atoms with van der Waals surface area (Å²) in [5.74, 6) is -0.899. The van der Waals surface area contributed by atoms with Crippen molar-refractivity contribution in [1.29, 1.82) is 0 Å². The maximum absolute atomic E-state index is 14.0. The first-order valence-electron chi connectivity index (χ1n) is 13.0. The van der Waals surface area contributed by atoms with Gasteiger partial charge in [0.15, 0.2) is 11.9 Å². The Morgan fingerprint density at radius 2 is 1.31 bits per heavy atom. The molecule has 0 aliphatic carbocycles. The van der Waals surface area contributed by atoms with Gasteiger partial charge in [0.2, 0.25) is 5.76 Å². The van der Waals surface area contributed by atoms with E-state index in [2.05, 4.69) is 0 Å². The van der Waals surface area contributed by atoms with Gasteiger partial charge in [0.25, 0.3) is 0 Å². The molecule has 9 nitrogen and oxygen atoms in total. The normalized spacial score (nSPS) is 15.9. The molecule has 1 aliphatic rings. The predicted octanol–water partition coefficient (Wildman–Crippen LogP) is 6.60. The summed E-state index contributed by atoms with van der Waals surface area (Å²) in [5.41, 5.74) is 1.48. The number of aliphatic hydroxyl groups excluding tert-OH is 1. The minimum absolute atomic E-state index is 0.0293. The van der Waals surface area contributed by atoms with Crippen LogP contribution < -0.4 is 0 Å². The van der Waals surface area contributed by atoms with Crippen molar-refractivity contribution < 1.29 is 42.2 Å². The second-order valence-electron chi connectivity index (χ2n) is 9.05. The summed E-state index contributed by atoms with van der Waals surface area (Å²) >= 11 is 2.95. The van der Waals surface area contributed by atoms with Crippen LogP contribution in [0.5, 0.6) is 0 Å². The minimum Gasteiger partial charge on any atom is -0.484 e. The number of phosphoric ester groups is 1. The average Bonchev–Trinajstić information content (AvgIpc) is 3.80. The van der Waals surface area contributed by atoms with Gasteiger partial charge in [-0.25, -0.2) is 9.36 Å². The number of hydrogen-bond acceptors (Lipinski definition) is 11. The highest BCUT2D eigenvalue weighted by Crippen LogP contribution is 2.53. The van der Waals surface area contributed by atoms with Crippen molar-refractivity contribution in [2.24, 2.45) is 0 Å². The Balaban J connectivity index is 1.38. The minimum atomic E-state index is -4.33. The molecule has 0 spiro atoms. The van der Waals surface area contributed by atoms with Crippen molar-refractivity contribution in [3.8, 4) is 0 Å². The van der Waals surface area contributed by atoms with Crippen LogP contribution in [0.15, 0.2) is 107 Å². The first-order valence-corrected chi connectivity index (χ1v) is 16.3. The number of esters is 1. The molecule has 2 aromatic heterocycles. The Morgan fingerprint density at radius 1 is 0.762 bits per heavy atom. The largest absolute Gasteiger partial charge is 0.484 e. The van der Waals surface area contributed by atoms with Crippen LogP contribution in [0.2, 0.25) is 0 Å². The van der Waals surface area contributed by atoms with E-state index in [1.165, 1.54) is 22.7 Å². The van der Waals surface area contributed by atoms with Gasteiger partial charge in [0.1, 0.15) is 19.3 Å². The van der Waals surface area contributed by atoms with Crippen LogP contribution in [-0.4, -0.2) is 29.9 Å². The number of carbonyl (C=O) groups excluding carboxylic acids is 1. The molecule has 3 heterocycles. The molecule has 0 fully saturated rings. The number of phosphoric acid groups is 1. The Morgan fingerprint density at radius 3 is 1.81 bits per heavy atom. The lowest BCUT2D eigenvalue weighted by Crippen LogP contribution is -2.35. The zero-order valence-electron chi connectivity index (χ0n) is 22.4. The number of carbonyl (C=O) groups is 1. The number of aliphatic hydroxyl groups is 1. The van der Waals surface area contributed by atoms with E-state index in [1.807, 2.05) is 71.4 Å². The molecule has 2 unspecified atom stereocenters. The Labute approximate surface area is 251 Å². The fourth-order valence-corrected chi connectivity index (χ4v) is 6.51. The van der Waals surface area contributed by atoms with Gasteiger partial charge in [-0.05, 0) is 34.0 Å². The number of benzene rings is 2. The fraction of sp³-hybridized carbons (Fsp3) is 0.233. The number of thiophene rings is 2. The molecule has 5 rings (SSSR count). The molecule has 0 bridgehead atoms. The fourth-order valence-electron chi connectivity index (χ4n) is 3.96. The van der Waals surface area contributed by atoms with Gasteiger partial charge in [-0.3, -0.25) is 13.6 Å². The van der Waals surface area contributed by atoms with Crippen molar-refractivity contribution in [3.05, 3.63) is 128 Å². The molecule has 0 amide bonds. The van der Waals surface area contributed by atoms with E-state index >= 15 is 0 Å². The lowest BCUT2D eigenvalue weighted by Gasteiger charge is -2.27. The van der Waals surface area contributed by atoms with Crippen molar-refractivity contribution in [3.63, 3.8) is 0 Å². The lowest BCUT2D eigenvalue weighted by atomic mass is 10.2. The topological polar surface area (TPSA) is 110 Å². The van der Waals surface area contributed by atoms with Crippen molar-refractivity contribution >= 4 is 36.5 Å².